The Kier molecular flexibility index (Phi) is 4.29. The minimum absolute atomic E-state index is 0.253. The molecular formula is C14H17FN2O2. The molecule has 0 aliphatic rings. The number of aliphatic hydroxyl groups excluding tert-OH is 1. The molecule has 2 rings (SSSR count). The highest BCUT2D eigenvalue weighted by atomic mass is 19.1. The van der Waals surface area contributed by atoms with Gasteiger partial charge in [-0.15, -0.1) is 0 Å². The number of hydrogen-bond donors (Lipinski definition) is 2. The van der Waals surface area contributed by atoms with Crippen LogP contribution in [0.1, 0.15) is 5.69 Å². The van der Waals surface area contributed by atoms with Crippen molar-refractivity contribution in [2.45, 2.75) is 13.0 Å². The van der Waals surface area contributed by atoms with E-state index in [1.165, 1.54) is 13.2 Å². The fraction of sp³-hybridized carbons (Fsp3) is 0.357. The zero-order valence-electron chi connectivity index (χ0n) is 11.0. The molecule has 5 heteroatoms. The number of pyridine rings is 1. The molecule has 0 bridgehead atoms. The van der Waals surface area contributed by atoms with Crippen molar-refractivity contribution in [3.05, 3.63) is 35.8 Å². The number of halogens is 1. The fourth-order valence-electron chi connectivity index (χ4n) is 1.97. The molecule has 0 saturated heterocycles. The number of hydrogen-bond acceptors (Lipinski definition) is 4. The molecule has 2 N–H and O–H groups in total. The number of benzene rings is 1. The van der Waals surface area contributed by atoms with Crippen LogP contribution < -0.4 is 5.32 Å². The number of aliphatic hydroxyl groups is 1. The summed E-state index contributed by atoms with van der Waals surface area (Å²) < 4.78 is 18.6. The van der Waals surface area contributed by atoms with E-state index >= 15 is 0 Å². The average Bonchev–Trinajstić information content (AvgIpc) is 2.37. The van der Waals surface area contributed by atoms with Crippen LogP contribution in [0.3, 0.4) is 0 Å². The molecule has 0 amide bonds. The molecule has 0 aliphatic heterocycles. The highest BCUT2D eigenvalue weighted by molar-refractivity contribution is 5.91. The highest BCUT2D eigenvalue weighted by Crippen LogP contribution is 2.24. The Balaban J connectivity index is 2.29. The number of anilines is 1. The number of nitrogens with zero attached hydrogens (tertiary/aromatic N) is 1. The van der Waals surface area contributed by atoms with Gasteiger partial charge in [0.15, 0.2) is 0 Å². The summed E-state index contributed by atoms with van der Waals surface area (Å²) in [5.74, 6) is -0.346. The second-order valence-electron chi connectivity index (χ2n) is 4.44. The molecule has 1 aromatic carbocycles. The van der Waals surface area contributed by atoms with Gasteiger partial charge < -0.3 is 15.2 Å². The second-order valence-corrected chi connectivity index (χ2v) is 4.44. The third kappa shape index (κ3) is 3.19. The Hall–Kier alpha value is -1.72. The first-order chi connectivity index (χ1) is 9.11. The number of aromatic nitrogens is 1. The molecule has 0 spiro atoms. The van der Waals surface area contributed by atoms with Crippen molar-refractivity contribution in [3.8, 4) is 0 Å². The van der Waals surface area contributed by atoms with E-state index in [0.29, 0.717) is 17.4 Å². The van der Waals surface area contributed by atoms with Crippen molar-refractivity contribution in [3.63, 3.8) is 0 Å². The number of fused-ring (bicyclic) bond motifs is 1. The molecule has 102 valence electrons. The topological polar surface area (TPSA) is 54.4 Å². The molecule has 0 saturated carbocycles. The zero-order valence-corrected chi connectivity index (χ0v) is 11.0. The monoisotopic (exact) mass is 264 g/mol. The van der Waals surface area contributed by atoms with E-state index in [1.807, 2.05) is 13.0 Å². The van der Waals surface area contributed by atoms with Crippen molar-refractivity contribution in [1.82, 2.24) is 4.98 Å². The molecule has 1 heterocycles. The van der Waals surface area contributed by atoms with Crippen LogP contribution in [0, 0.1) is 12.7 Å². The lowest BCUT2D eigenvalue weighted by Crippen LogP contribution is -2.24. The van der Waals surface area contributed by atoms with Gasteiger partial charge in [-0.1, -0.05) is 12.1 Å². The van der Waals surface area contributed by atoms with Gasteiger partial charge in [-0.05, 0) is 19.1 Å². The van der Waals surface area contributed by atoms with Gasteiger partial charge in [0.05, 0.1) is 12.7 Å². The van der Waals surface area contributed by atoms with Gasteiger partial charge in [0.2, 0.25) is 0 Å². The molecule has 0 fully saturated rings. The van der Waals surface area contributed by atoms with Gasteiger partial charge in [0, 0.05) is 30.4 Å². The predicted molar refractivity (Wildman–Crippen MR) is 72.8 cm³/mol. The summed E-state index contributed by atoms with van der Waals surface area (Å²) in [6.07, 6.45) is -0.609. The third-order valence-electron chi connectivity index (χ3n) is 2.81. The quantitative estimate of drug-likeness (QED) is 0.868. The van der Waals surface area contributed by atoms with Crippen LogP contribution >= 0.6 is 0 Å². The summed E-state index contributed by atoms with van der Waals surface area (Å²) in [4.78, 5) is 4.20. The van der Waals surface area contributed by atoms with Gasteiger partial charge >= 0.3 is 0 Å². The standard InChI is InChI=1S/C14H17FN2O2/c1-9-6-13(16-7-10(18)8-19-2)11-4-3-5-12(15)14(11)17-9/h3-6,10,18H,7-8H2,1-2H3,(H,16,17). The number of rotatable bonds is 5. The third-order valence-corrected chi connectivity index (χ3v) is 2.81. The van der Waals surface area contributed by atoms with Crippen molar-refractivity contribution >= 4 is 16.6 Å². The summed E-state index contributed by atoms with van der Waals surface area (Å²) in [6, 6.07) is 6.67. The summed E-state index contributed by atoms with van der Waals surface area (Å²) >= 11 is 0. The van der Waals surface area contributed by atoms with Gasteiger partial charge in [-0.25, -0.2) is 9.37 Å². The Labute approximate surface area is 111 Å². The largest absolute Gasteiger partial charge is 0.389 e. The molecule has 4 nitrogen and oxygen atoms in total. The molecule has 2 aromatic rings. The first-order valence-corrected chi connectivity index (χ1v) is 6.08. The number of nitrogens with one attached hydrogen (secondary N) is 1. The molecular weight excluding hydrogens is 247 g/mol. The lowest BCUT2D eigenvalue weighted by molar-refractivity contribution is 0.0728. The number of aryl methyl sites for hydroxylation is 1. The van der Waals surface area contributed by atoms with E-state index in [1.54, 1.807) is 12.1 Å². The molecule has 0 radical (unpaired) electrons. The van der Waals surface area contributed by atoms with Crippen LogP contribution in [-0.2, 0) is 4.74 Å². The predicted octanol–water partition coefficient (Wildman–Crippen LogP) is 2.10. The van der Waals surface area contributed by atoms with E-state index in [0.717, 1.165) is 11.4 Å². The van der Waals surface area contributed by atoms with Gasteiger partial charge in [0.25, 0.3) is 0 Å². The number of para-hydroxylation sites is 1. The molecule has 1 aromatic heterocycles. The maximum absolute atomic E-state index is 13.7. The van der Waals surface area contributed by atoms with Crippen molar-refractivity contribution in [2.75, 3.05) is 25.6 Å². The Morgan fingerprint density at radius 3 is 3.00 bits per heavy atom. The van der Waals surface area contributed by atoms with E-state index in [4.69, 9.17) is 4.74 Å². The first-order valence-electron chi connectivity index (χ1n) is 6.08. The summed E-state index contributed by atoms with van der Waals surface area (Å²) in [5.41, 5.74) is 1.82. The number of ether oxygens (including phenoxy) is 1. The van der Waals surface area contributed by atoms with Crippen molar-refractivity contribution in [1.29, 1.82) is 0 Å². The van der Waals surface area contributed by atoms with Crippen LogP contribution in [0.15, 0.2) is 24.3 Å². The maximum atomic E-state index is 13.7. The summed E-state index contributed by atoms with van der Waals surface area (Å²) in [5, 5.41) is 13.4. The Morgan fingerprint density at radius 1 is 1.47 bits per heavy atom. The minimum atomic E-state index is -0.609. The average molecular weight is 264 g/mol. The van der Waals surface area contributed by atoms with E-state index in [-0.39, 0.29) is 12.4 Å². The zero-order chi connectivity index (χ0) is 13.8. The van der Waals surface area contributed by atoms with Crippen molar-refractivity contribution < 1.29 is 14.2 Å². The van der Waals surface area contributed by atoms with Gasteiger partial charge in [0.1, 0.15) is 11.3 Å². The van der Waals surface area contributed by atoms with Crippen LogP contribution in [0.4, 0.5) is 10.1 Å². The molecule has 0 aliphatic carbocycles. The smallest absolute Gasteiger partial charge is 0.149 e. The molecule has 1 atom stereocenters. The molecule has 19 heavy (non-hydrogen) atoms. The SMILES string of the molecule is COCC(O)CNc1cc(C)nc2c(F)cccc12. The van der Waals surface area contributed by atoms with E-state index in [9.17, 15) is 9.50 Å². The first kappa shape index (κ1) is 13.7. The lowest BCUT2D eigenvalue weighted by atomic mass is 10.1. The van der Waals surface area contributed by atoms with Gasteiger partial charge in [-0.2, -0.15) is 0 Å². The molecule has 1 unspecified atom stereocenters. The fourth-order valence-corrected chi connectivity index (χ4v) is 1.97. The highest BCUT2D eigenvalue weighted by Gasteiger charge is 2.09. The van der Waals surface area contributed by atoms with E-state index in [2.05, 4.69) is 10.3 Å². The number of methoxy groups -OCH3 is 1. The maximum Gasteiger partial charge on any atom is 0.149 e. The minimum Gasteiger partial charge on any atom is -0.389 e. The Bertz CT molecular complexity index is 575. The van der Waals surface area contributed by atoms with Crippen LogP contribution in [0.25, 0.3) is 10.9 Å². The summed E-state index contributed by atoms with van der Waals surface area (Å²) in [7, 11) is 1.53. The van der Waals surface area contributed by atoms with Crippen molar-refractivity contribution in [2.24, 2.45) is 0 Å². The van der Waals surface area contributed by atoms with Gasteiger partial charge in [-0.3, -0.25) is 0 Å². The Morgan fingerprint density at radius 2 is 2.26 bits per heavy atom. The summed E-state index contributed by atoms with van der Waals surface area (Å²) in [6.45, 7) is 2.40. The van der Waals surface area contributed by atoms with Crippen LogP contribution in [-0.4, -0.2) is 36.5 Å². The lowest BCUT2D eigenvalue weighted by Gasteiger charge is -2.14. The van der Waals surface area contributed by atoms with E-state index < -0.39 is 6.10 Å². The van der Waals surface area contributed by atoms with Crippen LogP contribution in [0.2, 0.25) is 0 Å². The van der Waals surface area contributed by atoms with Crippen LogP contribution in [0.5, 0.6) is 0 Å². The normalized spacial score (nSPS) is 12.6. The second kappa shape index (κ2) is 5.95.